The Bertz CT molecular complexity index is 697. The highest BCUT2D eigenvalue weighted by molar-refractivity contribution is 5.55. The molecule has 4 nitrogen and oxygen atoms in total. The molecule has 0 saturated heterocycles. The summed E-state index contributed by atoms with van der Waals surface area (Å²) in [4.78, 5) is 4.68. The van der Waals surface area contributed by atoms with Gasteiger partial charge in [0.05, 0.1) is 11.6 Å². The molecular formula is C17H19N3O. The number of anilines is 1. The first kappa shape index (κ1) is 13.7. The second kappa shape index (κ2) is 5.61. The molecule has 0 radical (unpaired) electrons. The van der Waals surface area contributed by atoms with Gasteiger partial charge in [0.25, 0.3) is 0 Å². The monoisotopic (exact) mass is 281 g/mol. The number of rotatable bonds is 3. The topological polar surface area (TPSA) is 61.9 Å². The molecule has 2 aromatic rings. The van der Waals surface area contributed by atoms with Crippen molar-refractivity contribution in [2.24, 2.45) is 0 Å². The minimum absolute atomic E-state index is 0.0139. The number of hydrogen-bond acceptors (Lipinski definition) is 4. The normalized spacial score (nSPS) is 15.1. The Kier molecular flexibility index (Phi) is 3.66. The number of furan rings is 1. The molecule has 1 N–H and O–H groups in total. The molecule has 2 aromatic heterocycles. The second-order valence-corrected chi connectivity index (χ2v) is 5.62. The Morgan fingerprint density at radius 2 is 2.14 bits per heavy atom. The van der Waals surface area contributed by atoms with Crippen LogP contribution in [0.15, 0.2) is 22.6 Å². The fourth-order valence-electron chi connectivity index (χ4n) is 2.79. The molecule has 4 heteroatoms. The molecule has 1 aliphatic rings. The summed E-state index contributed by atoms with van der Waals surface area (Å²) in [6, 6.07) is 8.13. The summed E-state index contributed by atoms with van der Waals surface area (Å²) in [5.41, 5.74) is 2.97. The van der Waals surface area contributed by atoms with Crippen LogP contribution < -0.4 is 5.32 Å². The van der Waals surface area contributed by atoms with Crippen molar-refractivity contribution >= 4 is 5.82 Å². The number of nitriles is 1. The van der Waals surface area contributed by atoms with E-state index in [2.05, 4.69) is 16.4 Å². The average Bonchev–Trinajstić information content (AvgIpc) is 2.93. The van der Waals surface area contributed by atoms with Crippen molar-refractivity contribution in [3.05, 3.63) is 46.5 Å². The first-order chi connectivity index (χ1) is 10.2. The van der Waals surface area contributed by atoms with E-state index in [4.69, 9.17) is 4.42 Å². The van der Waals surface area contributed by atoms with Crippen LogP contribution >= 0.6 is 0 Å². The smallest absolute Gasteiger partial charge is 0.144 e. The lowest BCUT2D eigenvalue weighted by Gasteiger charge is -2.19. The lowest BCUT2D eigenvalue weighted by atomic mass is 9.95. The molecule has 1 unspecified atom stereocenters. The highest BCUT2D eigenvalue weighted by Crippen LogP contribution is 2.27. The molecule has 1 atom stereocenters. The fourth-order valence-corrected chi connectivity index (χ4v) is 2.79. The lowest BCUT2D eigenvalue weighted by Crippen LogP contribution is -2.13. The van der Waals surface area contributed by atoms with Crippen LogP contribution in [-0.2, 0) is 12.8 Å². The van der Waals surface area contributed by atoms with Crippen LogP contribution in [0.25, 0.3) is 0 Å². The third-order valence-corrected chi connectivity index (χ3v) is 3.96. The van der Waals surface area contributed by atoms with E-state index in [1.165, 1.54) is 18.4 Å². The summed E-state index contributed by atoms with van der Waals surface area (Å²) < 4.78 is 5.63. The lowest BCUT2D eigenvalue weighted by molar-refractivity contribution is 0.466. The highest BCUT2D eigenvalue weighted by atomic mass is 16.3. The molecule has 0 amide bonds. The zero-order chi connectivity index (χ0) is 14.8. The van der Waals surface area contributed by atoms with E-state index in [1.807, 2.05) is 32.0 Å². The largest absolute Gasteiger partial charge is 0.464 e. The minimum Gasteiger partial charge on any atom is -0.464 e. The Labute approximate surface area is 124 Å². The van der Waals surface area contributed by atoms with Gasteiger partial charge in [-0.3, -0.25) is 0 Å². The summed E-state index contributed by atoms with van der Waals surface area (Å²) in [5.74, 6) is 2.41. The molecule has 21 heavy (non-hydrogen) atoms. The van der Waals surface area contributed by atoms with Gasteiger partial charge in [0.15, 0.2) is 0 Å². The van der Waals surface area contributed by atoms with E-state index < -0.39 is 0 Å². The molecule has 1 aliphatic carbocycles. The van der Waals surface area contributed by atoms with Gasteiger partial charge < -0.3 is 9.73 Å². The van der Waals surface area contributed by atoms with Crippen molar-refractivity contribution in [3.8, 4) is 6.07 Å². The summed E-state index contributed by atoms with van der Waals surface area (Å²) in [6.07, 6.45) is 4.40. The molecule has 3 rings (SSSR count). The van der Waals surface area contributed by atoms with Crippen molar-refractivity contribution in [1.82, 2.24) is 4.98 Å². The number of nitrogens with zero attached hydrogens (tertiary/aromatic N) is 2. The molecule has 0 fully saturated rings. The third-order valence-electron chi connectivity index (χ3n) is 3.96. The number of hydrogen-bond donors (Lipinski definition) is 1. The van der Waals surface area contributed by atoms with Gasteiger partial charge in [0.2, 0.25) is 0 Å². The van der Waals surface area contributed by atoms with Crippen LogP contribution in [0.4, 0.5) is 5.82 Å². The molecular weight excluding hydrogens is 262 g/mol. The van der Waals surface area contributed by atoms with Crippen molar-refractivity contribution in [2.75, 3.05) is 5.32 Å². The van der Waals surface area contributed by atoms with Gasteiger partial charge in [0.1, 0.15) is 23.4 Å². The summed E-state index contributed by atoms with van der Waals surface area (Å²) in [5, 5.41) is 12.7. The van der Waals surface area contributed by atoms with Crippen LogP contribution in [-0.4, -0.2) is 4.98 Å². The van der Waals surface area contributed by atoms with E-state index in [0.717, 1.165) is 30.1 Å². The van der Waals surface area contributed by atoms with Crippen LogP contribution in [0, 0.1) is 18.3 Å². The number of fused-ring (bicyclic) bond motifs is 1. The van der Waals surface area contributed by atoms with Gasteiger partial charge in [-0.2, -0.15) is 5.26 Å². The highest BCUT2D eigenvalue weighted by Gasteiger charge is 2.17. The van der Waals surface area contributed by atoms with Crippen LogP contribution in [0.2, 0.25) is 0 Å². The zero-order valence-electron chi connectivity index (χ0n) is 12.4. The zero-order valence-corrected chi connectivity index (χ0v) is 12.4. The van der Waals surface area contributed by atoms with Gasteiger partial charge in [-0.05, 0) is 63.3 Å². The first-order valence-corrected chi connectivity index (χ1v) is 7.43. The summed E-state index contributed by atoms with van der Waals surface area (Å²) in [7, 11) is 0. The summed E-state index contributed by atoms with van der Waals surface area (Å²) >= 11 is 0. The van der Waals surface area contributed by atoms with E-state index in [1.54, 1.807) is 0 Å². The van der Waals surface area contributed by atoms with Crippen LogP contribution in [0.5, 0.6) is 0 Å². The van der Waals surface area contributed by atoms with E-state index in [0.29, 0.717) is 11.4 Å². The van der Waals surface area contributed by atoms with Crippen LogP contribution in [0.3, 0.4) is 0 Å². The molecule has 108 valence electrons. The van der Waals surface area contributed by atoms with Crippen LogP contribution in [0.1, 0.15) is 54.1 Å². The van der Waals surface area contributed by atoms with Gasteiger partial charge in [-0.1, -0.05) is 0 Å². The molecule has 0 bridgehead atoms. The molecule has 0 aliphatic heterocycles. The predicted molar refractivity (Wildman–Crippen MR) is 81.1 cm³/mol. The number of aromatic nitrogens is 1. The van der Waals surface area contributed by atoms with Gasteiger partial charge in [-0.15, -0.1) is 0 Å². The maximum Gasteiger partial charge on any atom is 0.144 e. The maximum absolute atomic E-state index is 9.35. The van der Waals surface area contributed by atoms with E-state index >= 15 is 0 Å². The molecule has 0 aromatic carbocycles. The average molecular weight is 281 g/mol. The predicted octanol–water partition coefficient (Wildman–Crippen LogP) is 3.91. The van der Waals surface area contributed by atoms with Crippen molar-refractivity contribution in [2.45, 2.75) is 45.6 Å². The van der Waals surface area contributed by atoms with E-state index in [-0.39, 0.29) is 6.04 Å². The standard InChI is InChI=1S/C17H19N3O/c1-11-7-8-16(21-11)12(2)19-17-14(10-18)9-13-5-3-4-6-15(13)20-17/h7-9,12H,3-6H2,1-2H3,(H,19,20). The fraction of sp³-hybridized carbons (Fsp3) is 0.412. The number of aryl methyl sites for hydroxylation is 3. The molecule has 0 spiro atoms. The van der Waals surface area contributed by atoms with Crippen molar-refractivity contribution < 1.29 is 4.42 Å². The number of nitrogens with one attached hydrogen (secondary N) is 1. The van der Waals surface area contributed by atoms with Crippen molar-refractivity contribution in [3.63, 3.8) is 0 Å². The molecule has 2 heterocycles. The minimum atomic E-state index is -0.0139. The second-order valence-electron chi connectivity index (χ2n) is 5.62. The van der Waals surface area contributed by atoms with Gasteiger partial charge >= 0.3 is 0 Å². The maximum atomic E-state index is 9.35. The molecule has 0 saturated carbocycles. The quantitative estimate of drug-likeness (QED) is 0.926. The van der Waals surface area contributed by atoms with E-state index in [9.17, 15) is 5.26 Å². The van der Waals surface area contributed by atoms with Crippen molar-refractivity contribution in [1.29, 1.82) is 5.26 Å². The number of pyridine rings is 1. The Hall–Kier alpha value is -2.28. The Balaban J connectivity index is 1.89. The van der Waals surface area contributed by atoms with Gasteiger partial charge in [-0.25, -0.2) is 4.98 Å². The Morgan fingerprint density at radius 3 is 2.86 bits per heavy atom. The third kappa shape index (κ3) is 2.78. The first-order valence-electron chi connectivity index (χ1n) is 7.43. The Morgan fingerprint density at radius 1 is 1.33 bits per heavy atom. The SMILES string of the molecule is Cc1ccc(C(C)Nc2nc3c(cc2C#N)CCCC3)o1. The van der Waals surface area contributed by atoms with Gasteiger partial charge in [0, 0.05) is 5.69 Å². The summed E-state index contributed by atoms with van der Waals surface area (Å²) in [6.45, 7) is 3.94.